The van der Waals surface area contributed by atoms with Crippen molar-refractivity contribution >= 4 is 29.9 Å². The highest BCUT2D eigenvalue weighted by Crippen LogP contribution is 2.23. The number of hydrogen-bond acceptors (Lipinski definition) is 4. The second kappa shape index (κ2) is 9.46. The average molecular weight is 436 g/mol. The Kier molecular flexibility index (Phi) is 8.32. The summed E-state index contributed by atoms with van der Waals surface area (Å²) >= 11 is 0. The van der Waals surface area contributed by atoms with Crippen LogP contribution in [0.15, 0.2) is 9.52 Å². The molecule has 1 fully saturated rings. The van der Waals surface area contributed by atoms with E-state index in [1.807, 2.05) is 13.8 Å². The van der Waals surface area contributed by atoms with Crippen molar-refractivity contribution in [2.45, 2.75) is 52.6 Å². The van der Waals surface area contributed by atoms with Gasteiger partial charge in [0.1, 0.15) is 5.76 Å². The topological polar surface area (TPSA) is 73.9 Å². The van der Waals surface area contributed by atoms with Crippen molar-refractivity contribution in [1.82, 2.24) is 15.4 Å². The number of likely N-dealkylation sites (tertiary alicyclic amines) is 1. The third kappa shape index (κ3) is 5.34. The van der Waals surface area contributed by atoms with E-state index in [9.17, 15) is 5.11 Å². The molecule has 7 heteroatoms. The molecule has 1 aliphatic heterocycles. The Morgan fingerprint density at radius 2 is 2.09 bits per heavy atom. The zero-order chi connectivity index (χ0) is 16.1. The molecule has 23 heavy (non-hydrogen) atoms. The number of aliphatic hydroxyl groups excluding tert-OH is 1. The summed E-state index contributed by atoms with van der Waals surface area (Å²) in [4.78, 5) is 7.01. The largest absolute Gasteiger partial charge is 0.393 e. The van der Waals surface area contributed by atoms with Crippen molar-refractivity contribution in [3.63, 3.8) is 0 Å². The van der Waals surface area contributed by atoms with Crippen LogP contribution >= 0.6 is 24.0 Å². The minimum absolute atomic E-state index is 0. The first kappa shape index (κ1) is 20.2. The molecule has 0 bridgehead atoms. The number of aryl methyl sites for hydroxylation is 2. The van der Waals surface area contributed by atoms with Crippen LogP contribution < -0.4 is 5.32 Å². The molecule has 0 saturated carbocycles. The zero-order valence-electron chi connectivity index (χ0n) is 14.5. The Labute approximate surface area is 155 Å². The van der Waals surface area contributed by atoms with Gasteiger partial charge in [0.05, 0.1) is 11.8 Å². The number of aliphatic imine (C=N–C) groups is 1. The zero-order valence-corrected chi connectivity index (χ0v) is 16.8. The van der Waals surface area contributed by atoms with Gasteiger partial charge in [-0.05, 0) is 33.6 Å². The van der Waals surface area contributed by atoms with Crippen LogP contribution in [-0.2, 0) is 0 Å². The molecule has 1 saturated heterocycles. The molecule has 1 aromatic rings. The van der Waals surface area contributed by atoms with Crippen LogP contribution in [0.25, 0.3) is 0 Å². The number of nitrogens with one attached hydrogen (secondary N) is 1. The summed E-state index contributed by atoms with van der Waals surface area (Å²) in [5.41, 5.74) is 2.11. The Hall–Kier alpha value is -0.830. The molecule has 0 amide bonds. The van der Waals surface area contributed by atoms with E-state index in [1.54, 1.807) is 0 Å². The maximum absolute atomic E-state index is 9.64. The van der Waals surface area contributed by atoms with Gasteiger partial charge in [0.2, 0.25) is 0 Å². The first-order valence-electron chi connectivity index (χ1n) is 8.17. The van der Waals surface area contributed by atoms with Gasteiger partial charge in [-0.3, -0.25) is 4.99 Å². The van der Waals surface area contributed by atoms with E-state index in [2.05, 4.69) is 29.2 Å². The monoisotopic (exact) mass is 436 g/mol. The number of aliphatic hydroxyl groups is 1. The molecule has 1 atom stereocenters. The lowest BCUT2D eigenvalue weighted by Crippen LogP contribution is -2.46. The van der Waals surface area contributed by atoms with Crippen molar-refractivity contribution in [2.75, 3.05) is 26.2 Å². The third-order valence-electron chi connectivity index (χ3n) is 4.20. The van der Waals surface area contributed by atoms with Gasteiger partial charge in [0, 0.05) is 37.7 Å². The fourth-order valence-corrected chi connectivity index (χ4v) is 3.01. The van der Waals surface area contributed by atoms with Gasteiger partial charge in [-0.15, -0.1) is 24.0 Å². The van der Waals surface area contributed by atoms with E-state index in [0.29, 0.717) is 6.54 Å². The van der Waals surface area contributed by atoms with Gasteiger partial charge < -0.3 is 19.8 Å². The quantitative estimate of drug-likeness (QED) is 0.431. The highest BCUT2D eigenvalue weighted by molar-refractivity contribution is 14.0. The summed E-state index contributed by atoms with van der Waals surface area (Å²) in [7, 11) is 0. The highest BCUT2D eigenvalue weighted by atomic mass is 127. The summed E-state index contributed by atoms with van der Waals surface area (Å²) in [6, 6.07) is 0. The Morgan fingerprint density at radius 1 is 1.43 bits per heavy atom. The molecule has 0 spiro atoms. The molecular formula is C16H29IN4O2. The van der Waals surface area contributed by atoms with Crippen molar-refractivity contribution in [2.24, 2.45) is 4.99 Å². The highest BCUT2D eigenvalue weighted by Gasteiger charge is 2.21. The van der Waals surface area contributed by atoms with Crippen molar-refractivity contribution < 1.29 is 9.63 Å². The minimum atomic E-state index is -0.166. The van der Waals surface area contributed by atoms with Crippen molar-refractivity contribution in [1.29, 1.82) is 0 Å². The molecule has 1 aromatic heterocycles. The van der Waals surface area contributed by atoms with Crippen molar-refractivity contribution in [3.05, 3.63) is 17.0 Å². The standard InChI is InChI=1S/C16H28N4O2.HI/c1-5-17-16(20-8-6-14(21)7-9-20)18-10-11(2)15-12(3)19-22-13(15)4;/h11,14,21H,5-10H2,1-4H3,(H,17,18);1H. The lowest BCUT2D eigenvalue weighted by Gasteiger charge is -2.32. The number of guanidine groups is 1. The number of piperidine rings is 1. The molecule has 2 rings (SSSR count). The van der Waals surface area contributed by atoms with Crippen LogP contribution in [0.3, 0.4) is 0 Å². The molecule has 0 radical (unpaired) electrons. The van der Waals surface area contributed by atoms with E-state index < -0.39 is 0 Å². The molecular weight excluding hydrogens is 407 g/mol. The normalized spacial score (nSPS) is 17.8. The summed E-state index contributed by atoms with van der Waals surface area (Å²) in [5, 5.41) is 17.0. The number of rotatable bonds is 4. The van der Waals surface area contributed by atoms with Gasteiger partial charge in [0.25, 0.3) is 0 Å². The first-order chi connectivity index (χ1) is 10.5. The van der Waals surface area contributed by atoms with Crippen molar-refractivity contribution in [3.8, 4) is 0 Å². The van der Waals surface area contributed by atoms with Gasteiger partial charge in [-0.25, -0.2) is 0 Å². The Bertz CT molecular complexity index is 491. The van der Waals surface area contributed by atoms with Crippen LogP contribution in [0, 0.1) is 13.8 Å². The van der Waals surface area contributed by atoms with Crippen LogP contribution in [-0.4, -0.2) is 53.4 Å². The fraction of sp³-hybridized carbons (Fsp3) is 0.750. The number of halogens is 1. The number of aromatic nitrogens is 1. The van der Waals surface area contributed by atoms with Gasteiger partial charge in [-0.1, -0.05) is 12.1 Å². The molecule has 2 heterocycles. The van der Waals surface area contributed by atoms with Gasteiger partial charge in [0.15, 0.2) is 5.96 Å². The summed E-state index contributed by atoms with van der Waals surface area (Å²) in [6.07, 6.45) is 1.45. The first-order valence-corrected chi connectivity index (χ1v) is 8.17. The van der Waals surface area contributed by atoms with Crippen LogP contribution in [0.1, 0.15) is 49.6 Å². The number of nitrogens with zero attached hydrogens (tertiary/aromatic N) is 3. The maximum Gasteiger partial charge on any atom is 0.193 e. The summed E-state index contributed by atoms with van der Waals surface area (Å²) in [6.45, 7) is 11.4. The van der Waals surface area contributed by atoms with Crippen LogP contribution in [0.5, 0.6) is 0 Å². The second-order valence-electron chi connectivity index (χ2n) is 6.05. The summed E-state index contributed by atoms with van der Waals surface area (Å²) < 4.78 is 5.25. The number of hydrogen-bond donors (Lipinski definition) is 2. The Balaban J connectivity index is 0.00000264. The Morgan fingerprint density at radius 3 is 2.61 bits per heavy atom. The van der Waals surface area contributed by atoms with E-state index in [4.69, 9.17) is 9.52 Å². The predicted molar refractivity (Wildman–Crippen MR) is 103 cm³/mol. The summed E-state index contributed by atoms with van der Waals surface area (Å²) in [5.74, 6) is 2.09. The smallest absolute Gasteiger partial charge is 0.193 e. The van der Waals surface area contributed by atoms with E-state index in [1.165, 1.54) is 0 Å². The molecule has 2 N–H and O–H groups in total. The van der Waals surface area contributed by atoms with Gasteiger partial charge >= 0.3 is 0 Å². The van der Waals surface area contributed by atoms with E-state index in [0.717, 1.165) is 55.5 Å². The average Bonchev–Trinajstić information content (AvgIpc) is 2.83. The third-order valence-corrected chi connectivity index (χ3v) is 4.20. The maximum atomic E-state index is 9.64. The fourth-order valence-electron chi connectivity index (χ4n) is 3.01. The second-order valence-corrected chi connectivity index (χ2v) is 6.05. The van der Waals surface area contributed by atoms with E-state index in [-0.39, 0.29) is 36.0 Å². The molecule has 1 unspecified atom stereocenters. The molecule has 0 aromatic carbocycles. The SMILES string of the molecule is CCNC(=NCC(C)c1c(C)noc1C)N1CCC(O)CC1.I. The lowest BCUT2D eigenvalue weighted by molar-refractivity contribution is 0.108. The lowest BCUT2D eigenvalue weighted by atomic mass is 10.00. The van der Waals surface area contributed by atoms with Crippen LogP contribution in [0.4, 0.5) is 0 Å². The molecule has 0 aliphatic carbocycles. The van der Waals surface area contributed by atoms with Gasteiger partial charge in [-0.2, -0.15) is 0 Å². The van der Waals surface area contributed by atoms with E-state index >= 15 is 0 Å². The minimum Gasteiger partial charge on any atom is -0.393 e. The van der Waals surface area contributed by atoms with Crippen LogP contribution in [0.2, 0.25) is 0 Å². The molecule has 6 nitrogen and oxygen atoms in total. The molecule has 132 valence electrons. The predicted octanol–water partition coefficient (Wildman–Crippen LogP) is 2.44. The molecule has 1 aliphatic rings.